The van der Waals surface area contributed by atoms with Crippen LogP contribution in [-0.2, 0) is 19.7 Å². The average Bonchev–Trinajstić information content (AvgIpc) is 3.47. The number of hydrogen-bond acceptors (Lipinski definition) is 8. The summed E-state index contributed by atoms with van der Waals surface area (Å²) >= 11 is 0.960. The highest BCUT2D eigenvalue weighted by Crippen LogP contribution is 2.44. The Labute approximate surface area is 250 Å². The first kappa shape index (κ1) is 30.7. The summed E-state index contributed by atoms with van der Waals surface area (Å²) < 4.78 is 10.9. The molecule has 0 unspecified atom stereocenters. The Bertz CT molecular complexity index is 1510. The Morgan fingerprint density at radius 1 is 1.12 bits per heavy atom. The minimum atomic E-state index is -0.970. The van der Waals surface area contributed by atoms with Crippen LogP contribution < -0.4 is 9.64 Å². The monoisotopic (exact) mass is 588 g/mol. The van der Waals surface area contributed by atoms with Crippen LogP contribution in [0, 0.1) is 6.92 Å². The molecule has 42 heavy (non-hydrogen) atoms. The number of thiazole rings is 1. The summed E-state index contributed by atoms with van der Waals surface area (Å²) in [5, 5.41) is 11.6. The predicted molar refractivity (Wildman–Crippen MR) is 164 cm³/mol. The number of aromatic nitrogens is 1. The van der Waals surface area contributed by atoms with Crippen molar-refractivity contribution in [3.8, 4) is 5.75 Å². The molecule has 2 heterocycles. The van der Waals surface area contributed by atoms with Gasteiger partial charge in [-0.2, -0.15) is 0 Å². The molecule has 4 rings (SSSR count). The molecule has 1 atom stereocenters. The van der Waals surface area contributed by atoms with Gasteiger partial charge in [-0.25, -0.2) is 9.78 Å². The van der Waals surface area contributed by atoms with Crippen molar-refractivity contribution >= 4 is 39.9 Å². The summed E-state index contributed by atoms with van der Waals surface area (Å²) in [6.45, 7) is 14.2. The number of hydrogen-bond donors (Lipinski definition) is 1. The van der Waals surface area contributed by atoms with Gasteiger partial charge < -0.3 is 14.6 Å². The van der Waals surface area contributed by atoms with Crippen molar-refractivity contribution < 1.29 is 29.0 Å². The van der Waals surface area contributed by atoms with Crippen molar-refractivity contribution in [1.82, 2.24) is 4.98 Å². The van der Waals surface area contributed by atoms with E-state index in [1.807, 2.05) is 24.3 Å². The summed E-state index contributed by atoms with van der Waals surface area (Å²) in [5.41, 5.74) is 2.24. The van der Waals surface area contributed by atoms with E-state index in [0.717, 1.165) is 29.7 Å². The van der Waals surface area contributed by atoms with Gasteiger partial charge in [0.1, 0.15) is 23.0 Å². The van der Waals surface area contributed by atoms with Gasteiger partial charge in [0.25, 0.3) is 5.78 Å². The number of carbonyl (C=O) groups excluding carboxylic acids is 3. The Morgan fingerprint density at radius 2 is 1.79 bits per heavy atom. The van der Waals surface area contributed by atoms with Crippen LogP contribution in [0.25, 0.3) is 5.76 Å². The number of ketones is 1. The van der Waals surface area contributed by atoms with E-state index in [0.29, 0.717) is 29.2 Å². The van der Waals surface area contributed by atoms with Crippen LogP contribution in [0.2, 0.25) is 0 Å². The maximum Gasteiger partial charge on any atom is 0.350 e. The van der Waals surface area contributed by atoms with Gasteiger partial charge in [0.05, 0.1) is 23.9 Å². The molecular weight excluding hydrogens is 552 g/mol. The van der Waals surface area contributed by atoms with Crippen LogP contribution in [0.5, 0.6) is 5.75 Å². The summed E-state index contributed by atoms with van der Waals surface area (Å²) in [7, 11) is 0. The van der Waals surface area contributed by atoms with Crippen LogP contribution in [0.4, 0.5) is 5.13 Å². The number of esters is 1. The van der Waals surface area contributed by atoms with E-state index in [9.17, 15) is 19.5 Å². The molecular formula is C33H36N2O6S. The second-order valence-electron chi connectivity index (χ2n) is 11.1. The first-order valence-electron chi connectivity index (χ1n) is 13.9. The van der Waals surface area contributed by atoms with Gasteiger partial charge in [0, 0.05) is 5.56 Å². The van der Waals surface area contributed by atoms with Crippen molar-refractivity contribution in [2.75, 3.05) is 18.1 Å². The van der Waals surface area contributed by atoms with E-state index < -0.39 is 23.7 Å². The lowest BCUT2D eigenvalue weighted by atomic mass is 9.85. The minimum absolute atomic E-state index is 0.0264. The zero-order valence-corrected chi connectivity index (χ0v) is 25.4. The van der Waals surface area contributed by atoms with E-state index in [1.165, 1.54) is 11.0 Å². The molecule has 8 nitrogen and oxygen atoms in total. The molecule has 1 saturated heterocycles. The van der Waals surface area contributed by atoms with Gasteiger partial charge in [0.2, 0.25) is 0 Å². The van der Waals surface area contributed by atoms with Crippen molar-refractivity contribution in [3.05, 3.63) is 94.0 Å². The highest BCUT2D eigenvalue weighted by atomic mass is 32.1. The number of amides is 1. The van der Waals surface area contributed by atoms with E-state index in [1.54, 1.807) is 31.2 Å². The standard InChI is InChI=1S/C33H36N2O6S/c1-7-9-19-40-24-16-12-22(13-17-24)27(36)25-26(21-10-14-23(15-11-21)33(4,5)6)35(30(38)28(25)37)32-34-20(3)29(42-32)31(39)41-18-8-2/h8,10-17,26,36H,2,7,9,18-19H2,1,3-6H3/t26-/m0/s1. The SMILES string of the molecule is C=CCOC(=O)c1sc(N2C(=O)C(=O)C(=C(O)c3ccc(OCCCC)cc3)[C@@H]2c2ccc(C(C)(C)C)cc2)nc1C. The Kier molecular flexibility index (Phi) is 9.31. The number of benzene rings is 2. The largest absolute Gasteiger partial charge is 0.507 e. The molecule has 0 radical (unpaired) electrons. The Balaban J connectivity index is 1.82. The second kappa shape index (κ2) is 12.7. The number of Topliss-reactive ketones (excluding diaryl/α,β-unsaturated/α-hetero) is 1. The smallest absolute Gasteiger partial charge is 0.350 e. The summed E-state index contributed by atoms with van der Waals surface area (Å²) in [6.07, 6.45) is 3.38. The van der Waals surface area contributed by atoms with Gasteiger partial charge in [0.15, 0.2) is 5.13 Å². The van der Waals surface area contributed by atoms with E-state index in [-0.39, 0.29) is 33.4 Å². The third kappa shape index (κ3) is 6.31. The highest BCUT2D eigenvalue weighted by Gasteiger charge is 2.48. The van der Waals surface area contributed by atoms with Gasteiger partial charge in [-0.05, 0) is 54.2 Å². The maximum atomic E-state index is 13.6. The summed E-state index contributed by atoms with van der Waals surface area (Å²) in [4.78, 5) is 45.7. The molecule has 0 saturated carbocycles. The van der Waals surface area contributed by atoms with Crippen LogP contribution in [0.15, 0.2) is 66.8 Å². The number of nitrogens with zero attached hydrogens (tertiary/aromatic N) is 2. The number of aliphatic hydroxyl groups excluding tert-OH is 1. The fraction of sp³-hybridized carbons (Fsp3) is 0.333. The molecule has 1 fully saturated rings. The first-order chi connectivity index (χ1) is 20.0. The van der Waals surface area contributed by atoms with Gasteiger partial charge in [-0.1, -0.05) is 82.4 Å². The van der Waals surface area contributed by atoms with Gasteiger partial charge in [-0.15, -0.1) is 0 Å². The Hall–Kier alpha value is -4.24. The zero-order chi connectivity index (χ0) is 30.6. The third-order valence-electron chi connectivity index (χ3n) is 6.94. The fourth-order valence-electron chi connectivity index (χ4n) is 4.58. The lowest BCUT2D eigenvalue weighted by molar-refractivity contribution is -0.132. The molecule has 1 N–H and O–H groups in total. The molecule has 1 aliphatic rings. The lowest BCUT2D eigenvalue weighted by Gasteiger charge is -2.24. The van der Waals surface area contributed by atoms with Crippen LogP contribution >= 0.6 is 11.3 Å². The quantitative estimate of drug-likeness (QED) is 0.0686. The van der Waals surface area contributed by atoms with Crippen molar-refractivity contribution in [1.29, 1.82) is 0 Å². The highest BCUT2D eigenvalue weighted by molar-refractivity contribution is 7.17. The molecule has 1 amide bonds. The molecule has 0 bridgehead atoms. The molecule has 3 aromatic rings. The zero-order valence-electron chi connectivity index (χ0n) is 24.6. The molecule has 0 spiro atoms. The lowest BCUT2D eigenvalue weighted by Crippen LogP contribution is -2.29. The van der Waals surface area contributed by atoms with E-state index >= 15 is 0 Å². The van der Waals surface area contributed by atoms with E-state index in [4.69, 9.17) is 9.47 Å². The molecule has 0 aliphatic carbocycles. The number of anilines is 1. The molecule has 220 valence electrons. The van der Waals surface area contributed by atoms with Crippen molar-refractivity contribution in [2.45, 2.75) is 58.9 Å². The number of ether oxygens (including phenoxy) is 2. The number of unbranched alkanes of at least 4 members (excludes halogenated alkanes) is 1. The average molecular weight is 589 g/mol. The maximum absolute atomic E-state index is 13.6. The van der Waals surface area contributed by atoms with Crippen LogP contribution in [-0.4, -0.2) is 41.0 Å². The fourth-order valence-corrected chi connectivity index (χ4v) is 5.57. The number of carbonyl (C=O) groups is 3. The van der Waals surface area contributed by atoms with Crippen LogP contribution in [0.1, 0.15) is 78.6 Å². The Morgan fingerprint density at radius 3 is 2.38 bits per heavy atom. The van der Waals surface area contributed by atoms with Gasteiger partial charge in [-0.3, -0.25) is 14.5 Å². The molecule has 1 aromatic heterocycles. The normalized spacial score (nSPS) is 16.5. The van der Waals surface area contributed by atoms with Crippen molar-refractivity contribution in [2.24, 2.45) is 0 Å². The summed E-state index contributed by atoms with van der Waals surface area (Å²) in [5.74, 6) is -1.95. The molecule has 9 heteroatoms. The minimum Gasteiger partial charge on any atom is -0.507 e. The second-order valence-corrected chi connectivity index (χ2v) is 12.0. The molecule has 2 aromatic carbocycles. The first-order valence-corrected chi connectivity index (χ1v) is 14.7. The number of rotatable bonds is 10. The topological polar surface area (TPSA) is 106 Å². The molecule has 1 aliphatic heterocycles. The summed E-state index contributed by atoms with van der Waals surface area (Å²) in [6, 6.07) is 13.4. The van der Waals surface area contributed by atoms with Gasteiger partial charge >= 0.3 is 11.9 Å². The third-order valence-corrected chi connectivity index (χ3v) is 8.08. The number of aliphatic hydroxyl groups is 1. The number of aryl methyl sites for hydroxylation is 1. The predicted octanol–water partition coefficient (Wildman–Crippen LogP) is 6.90. The van der Waals surface area contributed by atoms with Crippen LogP contribution in [0.3, 0.4) is 0 Å². The van der Waals surface area contributed by atoms with E-state index in [2.05, 4.69) is 39.3 Å². The van der Waals surface area contributed by atoms with Crippen molar-refractivity contribution in [3.63, 3.8) is 0 Å².